The van der Waals surface area contributed by atoms with Crippen LogP contribution in [0, 0.1) is 41.4 Å². The maximum Gasteiger partial charge on any atom is 0.248 e. The van der Waals surface area contributed by atoms with Gasteiger partial charge < -0.3 is 70.7 Å². The fourth-order valence-corrected chi connectivity index (χ4v) is 12.3. The predicted molar refractivity (Wildman–Crippen MR) is 372 cm³/mol. The largest absolute Gasteiger partial charge is 0.390 e. The molecule has 2 rings (SSSR count). The number of carbonyl (C=O) groups excluding carboxylic acids is 12. The highest BCUT2D eigenvalue weighted by Crippen LogP contribution is 2.26. The molecule has 0 saturated carbocycles. The highest BCUT2D eigenvalue weighted by Gasteiger charge is 2.46. The number of ether oxygens (including phenoxy) is 1. The second kappa shape index (κ2) is 39.7. The van der Waals surface area contributed by atoms with E-state index in [9.17, 15) is 43.5 Å². The van der Waals surface area contributed by atoms with Crippen molar-refractivity contribution in [3.8, 4) is 0 Å². The van der Waals surface area contributed by atoms with Gasteiger partial charge in [0.1, 0.15) is 73.1 Å². The smallest absolute Gasteiger partial charge is 0.248 e. The van der Waals surface area contributed by atoms with Crippen LogP contribution >= 0.6 is 0 Å². The number of nitrogens with zero attached hydrogens (tertiary/aromatic N) is 8. The first-order valence-electron chi connectivity index (χ1n) is 35.0. The molecule has 0 bridgehead atoms. The Morgan fingerprint density at radius 3 is 1.46 bits per heavy atom. The van der Waals surface area contributed by atoms with Gasteiger partial charge in [0, 0.05) is 80.4 Å². The summed E-state index contributed by atoms with van der Waals surface area (Å²) in [5, 5.41) is 25.9. The molecule has 2 fully saturated rings. The Bertz CT molecular complexity index is 2700. The summed E-state index contributed by atoms with van der Waals surface area (Å²) in [5.74, 6) is -11.7. The van der Waals surface area contributed by atoms with Crippen LogP contribution in [-0.4, -0.2) is 275 Å². The molecule has 2 aliphatic rings. The zero-order valence-corrected chi connectivity index (χ0v) is 63.3. The number of piperazine rings is 1. The van der Waals surface area contributed by atoms with Crippen LogP contribution < -0.4 is 26.6 Å². The minimum atomic E-state index is -1.66. The number of aliphatic hydroxyl groups excluding tert-OH is 1. The molecule has 0 spiro atoms. The Balaban J connectivity index is 2.99. The monoisotopic (exact) mass is 1370 g/mol. The van der Waals surface area contributed by atoms with Gasteiger partial charge in [-0.3, -0.25) is 62.4 Å². The Morgan fingerprint density at radius 2 is 0.979 bits per heavy atom. The maximum absolute atomic E-state index is 15.3. The minimum absolute atomic E-state index is 0.0352. The lowest BCUT2D eigenvalue weighted by molar-refractivity contribution is -0.157. The van der Waals surface area contributed by atoms with Gasteiger partial charge in [-0.25, -0.2) is 0 Å². The molecular formula is C70H125N13O14. The van der Waals surface area contributed by atoms with Crippen molar-refractivity contribution in [1.29, 1.82) is 0 Å². The average molecular weight is 1370 g/mol. The van der Waals surface area contributed by atoms with Crippen molar-refractivity contribution < 1.29 is 67.4 Å². The van der Waals surface area contributed by atoms with Gasteiger partial charge in [0.25, 0.3) is 0 Å². The van der Waals surface area contributed by atoms with E-state index in [-0.39, 0.29) is 69.0 Å². The molecule has 2 heterocycles. The Hall–Kier alpha value is -6.74. The van der Waals surface area contributed by atoms with Crippen molar-refractivity contribution in [3.63, 3.8) is 0 Å². The first-order valence-corrected chi connectivity index (χ1v) is 35.0. The molecule has 0 radical (unpaired) electrons. The normalized spacial score (nSPS) is 27.2. The predicted octanol–water partition coefficient (Wildman–Crippen LogP) is 2.47. The third kappa shape index (κ3) is 24.3. The fraction of sp³-hybridized carbons (Fsp3) is 0.800. The number of nitrogens with one attached hydrogen (secondary N) is 5. The Morgan fingerprint density at radius 1 is 0.505 bits per heavy atom. The van der Waals surface area contributed by atoms with Crippen LogP contribution in [0.4, 0.5) is 0 Å². The molecule has 14 atom stereocenters. The molecule has 0 aromatic carbocycles. The second-order valence-electron chi connectivity index (χ2n) is 29.4. The van der Waals surface area contributed by atoms with E-state index in [1.807, 2.05) is 41.5 Å². The molecule has 27 heteroatoms. The summed E-state index contributed by atoms with van der Waals surface area (Å²) in [4.78, 5) is 187. The molecule has 0 aromatic heterocycles. The Kier molecular flexibility index (Phi) is 35.4. The van der Waals surface area contributed by atoms with Crippen LogP contribution in [-0.2, 0) is 62.3 Å². The molecule has 27 nitrogen and oxygen atoms in total. The van der Waals surface area contributed by atoms with Crippen LogP contribution in [0.3, 0.4) is 0 Å². The van der Waals surface area contributed by atoms with Gasteiger partial charge in [0.15, 0.2) is 0 Å². The molecule has 6 N–H and O–H groups in total. The van der Waals surface area contributed by atoms with Crippen molar-refractivity contribution in [2.75, 3.05) is 81.7 Å². The summed E-state index contributed by atoms with van der Waals surface area (Å²) in [6.07, 6.45) is 2.65. The number of likely N-dealkylation sites (N-methyl/N-ethyl adjacent to an activating group) is 6. The summed E-state index contributed by atoms with van der Waals surface area (Å²) in [7, 11) is 8.39. The number of rotatable bonds is 19. The number of hydrogen-bond acceptors (Lipinski definition) is 15. The molecule has 2 aliphatic heterocycles. The molecular weight excluding hydrogens is 1250 g/mol. The zero-order valence-electron chi connectivity index (χ0n) is 63.3. The van der Waals surface area contributed by atoms with E-state index in [2.05, 4.69) is 45.3 Å². The molecule has 0 unspecified atom stereocenters. The molecule has 2 saturated heterocycles. The van der Waals surface area contributed by atoms with Crippen LogP contribution in [0.15, 0.2) is 12.2 Å². The van der Waals surface area contributed by atoms with Gasteiger partial charge in [0.2, 0.25) is 70.9 Å². The molecule has 0 aromatic rings. The number of amides is 12. The minimum Gasteiger partial charge on any atom is -0.390 e. The van der Waals surface area contributed by atoms with E-state index < -0.39 is 161 Å². The van der Waals surface area contributed by atoms with E-state index >= 15 is 19.2 Å². The van der Waals surface area contributed by atoms with Gasteiger partial charge >= 0.3 is 0 Å². The SMILES string of the molecule is C/C=C/C[C@@H](C)[C@@H](O)[C@H]1C(=O)N[C@@H](CC)C(=O)N(C)[C@H](C)C(=O)N[C@@H]([C@H](C)COCC(=O)N2CCN(C(C)C)CC2)C(=O)N[C@@H](C(C)C)C(=O)N(C)[C@@H](CC(C)C)C(=O)N[C@@H](C)C(=O)N[C@H](C)C(=O)N(C)[C@@H](CC(C)C)C(=O)N(C)[C@@H](CC(C)C)C(=O)N(C)[C@@H](C(C)C)C(=O)N1C. The van der Waals surface area contributed by atoms with Crippen LogP contribution in [0.2, 0.25) is 0 Å². The lowest BCUT2D eigenvalue weighted by Gasteiger charge is -2.41. The van der Waals surface area contributed by atoms with Crippen molar-refractivity contribution >= 4 is 70.9 Å². The van der Waals surface area contributed by atoms with Crippen molar-refractivity contribution in [3.05, 3.63) is 12.2 Å². The lowest BCUT2D eigenvalue weighted by Crippen LogP contribution is -2.64. The van der Waals surface area contributed by atoms with Gasteiger partial charge in [-0.05, 0) is 109 Å². The maximum atomic E-state index is 15.3. The van der Waals surface area contributed by atoms with Crippen molar-refractivity contribution in [2.24, 2.45) is 41.4 Å². The number of hydrogen-bond donors (Lipinski definition) is 6. The Labute approximate surface area is 579 Å². The quantitative estimate of drug-likeness (QED) is 0.101. The third-order valence-corrected chi connectivity index (χ3v) is 18.9. The highest BCUT2D eigenvalue weighted by molar-refractivity contribution is 6.00. The van der Waals surface area contributed by atoms with Crippen molar-refractivity contribution in [1.82, 2.24) is 65.8 Å². The fourth-order valence-electron chi connectivity index (χ4n) is 12.3. The van der Waals surface area contributed by atoms with E-state index in [0.29, 0.717) is 32.2 Å². The topological polar surface area (TPSA) is 320 Å². The van der Waals surface area contributed by atoms with Crippen LogP contribution in [0.25, 0.3) is 0 Å². The van der Waals surface area contributed by atoms with E-state index in [1.54, 1.807) is 72.4 Å². The summed E-state index contributed by atoms with van der Waals surface area (Å²) >= 11 is 0. The average Bonchev–Trinajstić information content (AvgIpc) is 0.817. The molecule has 97 heavy (non-hydrogen) atoms. The van der Waals surface area contributed by atoms with Crippen LogP contribution in [0.1, 0.15) is 164 Å². The van der Waals surface area contributed by atoms with E-state index in [1.165, 1.54) is 82.7 Å². The van der Waals surface area contributed by atoms with Crippen LogP contribution in [0.5, 0.6) is 0 Å². The molecule has 0 aliphatic carbocycles. The van der Waals surface area contributed by atoms with Gasteiger partial charge in [-0.15, -0.1) is 0 Å². The number of allylic oxidation sites excluding steroid dienone is 2. The lowest BCUT2D eigenvalue weighted by atomic mass is 9.91. The number of carbonyl (C=O) groups is 12. The van der Waals surface area contributed by atoms with E-state index in [0.717, 1.165) is 9.80 Å². The first-order chi connectivity index (χ1) is 45.0. The second-order valence-corrected chi connectivity index (χ2v) is 29.4. The summed E-state index contributed by atoms with van der Waals surface area (Å²) in [6.45, 7) is 34.9. The van der Waals surface area contributed by atoms with Gasteiger partial charge in [-0.1, -0.05) is 102 Å². The number of aliphatic hydroxyl groups is 1. The summed E-state index contributed by atoms with van der Waals surface area (Å²) in [5.41, 5.74) is 0. The van der Waals surface area contributed by atoms with E-state index in [4.69, 9.17) is 4.74 Å². The highest BCUT2D eigenvalue weighted by atomic mass is 16.5. The van der Waals surface area contributed by atoms with Crippen molar-refractivity contribution in [2.45, 2.75) is 242 Å². The zero-order chi connectivity index (χ0) is 74.5. The standard InChI is InChI=1S/C70H125N13O14/c1-26-28-29-45(15)59(85)58-64(90)73-50(27-2)66(92)76(20)49(19)61(87)75-56(46(16)37-97-38-54(84)83-32-30-82(31-33-83)44(13)14)63(89)74-55(42(9)10)69(95)77(21)51(34-39(3)4)62(88)71-47(17)60(86)72-48(18)65(91)78(22)52(35-40(5)6)67(93)79(23)53(36-41(7)8)68(94)80(24)57(43(11)12)70(96)81(58)25/h26,28,39-53,55-59,85H,27,29-38H2,1-25H3,(H,71,88)(H,72,86)(H,73,90)(H,74,89)(H,75,87)/b28-26+/t45-,46-,47+,48-,49-,50+,51+,52+,53+,55+,56+,57+,58+,59-/m1/s1. The summed E-state index contributed by atoms with van der Waals surface area (Å²) in [6, 6.07) is -14.2. The summed E-state index contributed by atoms with van der Waals surface area (Å²) < 4.78 is 5.97. The first kappa shape index (κ1) is 86.3. The molecule has 554 valence electrons. The third-order valence-electron chi connectivity index (χ3n) is 18.9. The van der Waals surface area contributed by atoms with Gasteiger partial charge in [-0.2, -0.15) is 0 Å². The van der Waals surface area contributed by atoms with Gasteiger partial charge in [0.05, 0.1) is 12.7 Å². The molecule has 12 amide bonds.